The summed E-state index contributed by atoms with van der Waals surface area (Å²) in [5.41, 5.74) is 0.891. The summed E-state index contributed by atoms with van der Waals surface area (Å²) in [5.74, 6) is 1.04. The van der Waals surface area contributed by atoms with E-state index in [2.05, 4.69) is 36.2 Å². The number of halogens is 3. The fourth-order valence-corrected chi connectivity index (χ4v) is 3.15. The van der Waals surface area contributed by atoms with E-state index >= 15 is 0 Å². The summed E-state index contributed by atoms with van der Waals surface area (Å²) in [7, 11) is 3.66. The molecule has 7 nitrogen and oxygen atoms in total. The molecule has 0 aromatic carbocycles. The molecule has 0 aliphatic carbocycles. The third-order valence-corrected chi connectivity index (χ3v) is 4.69. The highest BCUT2D eigenvalue weighted by atomic mass is 79.9. The Morgan fingerprint density at radius 2 is 1.88 bits per heavy atom. The van der Waals surface area contributed by atoms with Crippen LogP contribution in [0.15, 0.2) is 35.2 Å². The molecule has 1 N–H and O–H groups in total. The Hall–Kier alpha value is -1.35. The van der Waals surface area contributed by atoms with Crippen molar-refractivity contribution in [3.8, 4) is 0 Å². The van der Waals surface area contributed by atoms with Crippen molar-refractivity contribution in [1.82, 2.24) is 25.0 Å². The smallest absolute Gasteiger partial charge is 0.244 e. The Morgan fingerprint density at radius 1 is 1.19 bits per heavy atom. The summed E-state index contributed by atoms with van der Waals surface area (Å²) in [6, 6.07) is 3.63. The first kappa shape index (κ1) is 22.7. The fourth-order valence-electron chi connectivity index (χ4n) is 2.92. The van der Waals surface area contributed by atoms with Gasteiger partial charge in [0, 0.05) is 55.7 Å². The molecule has 1 aliphatic heterocycles. The lowest BCUT2D eigenvalue weighted by Gasteiger charge is -2.36. The van der Waals surface area contributed by atoms with Crippen molar-refractivity contribution in [2.45, 2.75) is 6.04 Å². The Kier molecular flexibility index (Phi) is 8.82. The maximum absolute atomic E-state index is 12.8. The second-order valence-corrected chi connectivity index (χ2v) is 6.73. The first-order valence-electron chi connectivity index (χ1n) is 7.89. The number of amides is 1. The Balaban J connectivity index is 0.00000169. The van der Waals surface area contributed by atoms with Gasteiger partial charge in [0.25, 0.3) is 0 Å². The van der Waals surface area contributed by atoms with Crippen LogP contribution in [0.3, 0.4) is 0 Å². The molecule has 1 saturated heterocycles. The summed E-state index contributed by atoms with van der Waals surface area (Å²) in [4.78, 5) is 21.3. The molecule has 10 heteroatoms. The predicted molar refractivity (Wildman–Crippen MR) is 110 cm³/mol. The summed E-state index contributed by atoms with van der Waals surface area (Å²) in [6.45, 7) is 2.94. The van der Waals surface area contributed by atoms with Gasteiger partial charge in [0.05, 0.1) is 6.20 Å². The molecule has 3 heterocycles. The lowest BCUT2D eigenvalue weighted by Crippen LogP contribution is -2.51. The Bertz CT molecular complexity index is 703. The van der Waals surface area contributed by atoms with E-state index in [1.165, 1.54) is 0 Å². The van der Waals surface area contributed by atoms with Crippen LogP contribution in [-0.2, 0) is 11.8 Å². The molecule has 3 rings (SSSR count). The van der Waals surface area contributed by atoms with Crippen LogP contribution in [0.2, 0.25) is 0 Å². The molecule has 144 valence electrons. The number of pyridine rings is 1. The molecule has 1 aliphatic rings. The Labute approximate surface area is 174 Å². The first-order chi connectivity index (χ1) is 11.6. The van der Waals surface area contributed by atoms with Crippen molar-refractivity contribution in [3.63, 3.8) is 0 Å². The topological polar surface area (TPSA) is 66.3 Å². The first-order valence-corrected chi connectivity index (χ1v) is 8.69. The lowest BCUT2D eigenvalue weighted by molar-refractivity contribution is -0.133. The molecule has 0 bridgehead atoms. The summed E-state index contributed by atoms with van der Waals surface area (Å²) >= 11 is 3.40. The maximum atomic E-state index is 12.8. The number of aromatic nitrogens is 3. The standard InChI is InChI=1S/C16H21BrN6O.2ClH/c1-18-15(12-9-20-21(2)11-12)16(24)23-7-5-22(6-8-23)14-4-3-13(17)10-19-14;;/h3-4,9-11,15,18H,5-8H2,1-2H3;2*1H. The fraction of sp³-hybridized carbons (Fsp3) is 0.438. The van der Waals surface area contributed by atoms with Gasteiger partial charge in [-0.05, 0) is 35.1 Å². The molecule has 2 aromatic heterocycles. The zero-order valence-corrected chi connectivity index (χ0v) is 17.9. The van der Waals surface area contributed by atoms with Gasteiger partial charge in [-0.25, -0.2) is 4.98 Å². The molecule has 1 unspecified atom stereocenters. The van der Waals surface area contributed by atoms with Crippen molar-refractivity contribution < 1.29 is 4.79 Å². The van der Waals surface area contributed by atoms with E-state index in [1.807, 2.05) is 30.3 Å². The largest absolute Gasteiger partial charge is 0.353 e. The van der Waals surface area contributed by atoms with Crippen LogP contribution in [-0.4, -0.2) is 58.8 Å². The average molecular weight is 466 g/mol. The third kappa shape index (κ3) is 5.09. The van der Waals surface area contributed by atoms with E-state index in [-0.39, 0.29) is 36.8 Å². The second-order valence-electron chi connectivity index (χ2n) is 5.82. The number of hydrogen-bond acceptors (Lipinski definition) is 5. The zero-order chi connectivity index (χ0) is 17.1. The van der Waals surface area contributed by atoms with E-state index in [0.29, 0.717) is 13.1 Å². The molecule has 0 radical (unpaired) electrons. The van der Waals surface area contributed by atoms with E-state index in [9.17, 15) is 4.79 Å². The van der Waals surface area contributed by atoms with Gasteiger partial charge in [0.15, 0.2) is 0 Å². The van der Waals surface area contributed by atoms with Gasteiger partial charge in [-0.3, -0.25) is 9.48 Å². The minimum atomic E-state index is -0.351. The highest BCUT2D eigenvalue weighted by molar-refractivity contribution is 9.10. The van der Waals surface area contributed by atoms with Crippen LogP contribution in [0.4, 0.5) is 5.82 Å². The Morgan fingerprint density at radius 3 is 2.38 bits per heavy atom. The highest BCUT2D eigenvalue weighted by Crippen LogP contribution is 2.19. The van der Waals surface area contributed by atoms with Crippen LogP contribution >= 0.6 is 40.7 Å². The molecular weight excluding hydrogens is 443 g/mol. The molecule has 0 saturated carbocycles. The number of piperazine rings is 1. The number of carbonyl (C=O) groups excluding carboxylic acids is 1. The van der Waals surface area contributed by atoms with Crippen molar-refractivity contribution in [1.29, 1.82) is 0 Å². The van der Waals surface area contributed by atoms with Crippen LogP contribution in [0.1, 0.15) is 11.6 Å². The molecule has 2 aromatic rings. The minimum Gasteiger partial charge on any atom is -0.353 e. The van der Waals surface area contributed by atoms with Gasteiger partial charge in [-0.2, -0.15) is 5.10 Å². The van der Waals surface area contributed by atoms with Crippen LogP contribution in [0.5, 0.6) is 0 Å². The monoisotopic (exact) mass is 464 g/mol. The van der Waals surface area contributed by atoms with Gasteiger partial charge in [0.2, 0.25) is 5.91 Å². The second kappa shape index (κ2) is 10.1. The van der Waals surface area contributed by atoms with Crippen LogP contribution in [0, 0.1) is 0 Å². The van der Waals surface area contributed by atoms with Crippen molar-refractivity contribution in [3.05, 3.63) is 40.8 Å². The van der Waals surface area contributed by atoms with Gasteiger partial charge in [-0.1, -0.05) is 0 Å². The number of aryl methyl sites for hydroxylation is 1. The number of nitrogens with one attached hydrogen (secondary N) is 1. The summed E-state index contributed by atoms with van der Waals surface area (Å²) in [6.07, 6.45) is 5.41. The molecular formula is C16H23BrCl2N6O. The van der Waals surface area contributed by atoms with Crippen LogP contribution in [0.25, 0.3) is 0 Å². The number of carbonyl (C=O) groups is 1. The van der Waals surface area contributed by atoms with Gasteiger partial charge >= 0.3 is 0 Å². The number of hydrogen-bond donors (Lipinski definition) is 1. The van der Waals surface area contributed by atoms with Crippen molar-refractivity contribution in [2.24, 2.45) is 7.05 Å². The maximum Gasteiger partial charge on any atom is 0.244 e. The number of anilines is 1. The van der Waals surface area contributed by atoms with E-state index in [1.54, 1.807) is 24.1 Å². The van der Waals surface area contributed by atoms with Crippen molar-refractivity contribution >= 4 is 52.5 Å². The number of likely N-dealkylation sites (N-methyl/N-ethyl adjacent to an activating group) is 1. The molecule has 26 heavy (non-hydrogen) atoms. The molecule has 0 spiro atoms. The highest BCUT2D eigenvalue weighted by Gasteiger charge is 2.28. The predicted octanol–water partition coefficient (Wildman–Crippen LogP) is 2.03. The normalized spacial score (nSPS) is 15.0. The quantitative estimate of drug-likeness (QED) is 0.748. The van der Waals surface area contributed by atoms with E-state index in [4.69, 9.17) is 0 Å². The average Bonchev–Trinajstić information content (AvgIpc) is 3.02. The number of rotatable bonds is 4. The molecule has 1 fully saturated rings. The van der Waals surface area contributed by atoms with E-state index < -0.39 is 0 Å². The number of nitrogens with zero attached hydrogens (tertiary/aromatic N) is 5. The van der Waals surface area contributed by atoms with Crippen LogP contribution < -0.4 is 10.2 Å². The summed E-state index contributed by atoms with van der Waals surface area (Å²) in [5, 5.41) is 7.26. The van der Waals surface area contributed by atoms with Gasteiger partial charge < -0.3 is 15.1 Å². The van der Waals surface area contributed by atoms with Crippen molar-refractivity contribution in [2.75, 3.05) is 38.1 Å². The zero-order valence-electron chi connectivity index (χ0n) is 14.6. The lowest BCUT2D eigenvalue weighted by atomic mass is 10.1. The molecule has 1 atom stereocenters. The molecule has 1 amide bonds. The SMILES string of the molecule is CNC(C(=O)N1CCN(c2ccc(Br)cn2)CC1)c1cnn(C)c1.Cl.Cl. The van der Waals surface area contributed by atoms with E-state index in [0.717, 1.165) is 28.9 Å². The van der Waals surface area contributed by atoms with Gasteiger partial charge in [0.1, 0.15) is 11.9 Å². The minimum absolute atomic E-state index is 0. The van der Waals surface area contributed by atoms with Gasteiger partial charge in [-0.15, -0.1) is 24.8 Å². The summed E-state index contributed by atoms with van der Waals surface area (Å²) < 4.78 is 2.68. The third-order valence-electron chi connectivity index (χ3n) is 4.22.